The number of carbonyl (C=O) groups is 1. The molecule has 1 aliphatic heterocycles. The molecule has 0 unspecified atom stereocenters. The van der Waals surface area contributed by atoms with Gasteiger partial charge in [-0.2, -0.15) is 4.99 Å². The Labute approximate surface area is 77.3 Å². The van der Waals surface area contributed by atoms with Gasteiger partial charge >= 0.3 is 11.8 Å². The number of nitrogens with one attached hydrogen (secondary N) is 2. The maximum atomic E-state index is 10.9. The van der Waals surface area contributed by atoms with E-state index >= 15 is 0 Å². The van der Waals surface area contributed by atoms with Crippen LogP contribution in [0.3, 0.4) is 0 Å². The van der Waals surface area contributed by atoms with Crippen LogP contribution in [0.2, 0.25) is 0 Å². The van der Waals surface area contributed by atoms with Crippen LogP contribution in [0, 0.1) is 0 Å². The van der Waals surface area contributed by atoms with Crippen molar-refractivity contribution in [3.05, 3.63) is 27.7 Å². The number of aliphatic imine (C=N–C) groups is 1. The number of hydrogen-bond donors (Lipinski definition) is 2. The molecule has 2 heterocycles. The summed E-state index contributed by atoms with van der Waals surface area (Å²) in [5.74, 6) is -0.0232. The fraction of sp³-hybridized carbons (Fsp3) is 0.125. The molecule has 0 radical (unpaired) electrons. The highest BCUT2D eigenvalue weighted by Gasteiger charge is 2.26. The predicted molar refractivity (Wildman–Crippen MR) is 47.0 cm³/mol. The molecule has 0 atom stereocenters. The van der Waals surface area contributed by atoms with Crippen molar-refractivity contribution in [2.75, 3.05) is 0 Å². The van der Waals surface area contributed by atoms with Gasteiger partial charge in [0.15, 0.2) is 5.76 Å². The van der Waals surface area contributed by atoms with Crippen LogP contribution in [-0.2, 0) is 6.42 Å². The predicted octanol–water partition coefficient (Wildman–Crippen LogP) is 0.0291. The third-order valence-corrected chi connectivity index (χ3v) is 2.16. The molecule has 0 aromatic carbocycles. The summed E-state index contributed by atoms with van der Waals surface area (Å²) in [6.45, 7) is 0. The Hall–Kier alpha value is -2.11. The number of nitrogens with zero attached hydrogens (tertiary/aromatic N) is 1. The number of H-pyrrole nitrogens is 1. The number of oxazole rings is 1. The van der Waals surface area contributed by atoms with Crippen LogP contribution in [0.1, 0.15) is 11.5 Å². The van der Waals surface area contributed by atoms with Gasteiger partial charge in [0.1, 0.15) is 0 Å². The van der Waals surface area contributed by atoms with Crippen molar-refractivity contribution in [3.63, 3.8) is 0 Å². The summed E-state index contributed by atoms with van der Waals surface area (Å²) in [5.41, 5.74) is 1.92. The van der Waals surface area contributed by atoms with Crippen molar-refractivity contribution in [2.24, 2.45) is 4.99 Å². The molecule has 0 fully saturated rings. The van der Waals surface area contributed by atoms with Gasteiger partial charge < -0.3 is 9.73 Å². The molecule has 2 aliphatic rings. The van der Waals surface area contributed by atoms with Crippen LogP contribution in [0.25, 0.3) is 6.08 Å². The zero-order chi connectivity index (χ0) is 9.71. The van der Waals surface area contributed by atoms with E-state index in [2.05, 4.69) is 15.3 Å². The first-order chi connectivity index (χ1) is 6.72. The normalized spacial score (nSPS) is 18.1. The van der Waals surface area contributed by atoms with E-state index in [1.54, 1.807) is 6.08 Å². The smallest absolute Gasteiger partial charge is 0.408 e. The van der Waals surface area contributed by atoms with Gasteiger partial charge in [0, 0.05) is 12.5 Å². The third kappa shape index (κ3) is 0.875. The van der Waals surface area contributed by atoms with E-state index < -0.39 is 5.76 Å². The highest BCUT2D eigenvalue weighted by atomic mass is 16.4. The number of aromatic amines is 1. The van der Waals surface area contributed by atoms with E-state index in [-0.39, 0.29) is 6.03 Å². The summed E-state index contributed by atoms with van der Waals surface area (Å²) in [5, 5.41) is 2.55. The maximum absolute atomic E-state index is 10.9. The van der Waals surface area contributed by atoms with E-state index in [9.17, 15) is 9.59 Å². The molecule has 14 heavy (non-hydrogen) atoms. The molecule has 0 saturated carbocycles. The first kappa shape index (κ1) is 7.31. The first-order valence-electron chi connectivity index (χ1n) is 4.05. The molecule has 2 N–H and O–H groups in total. The molecule has 0 spiro atoms. The molecule has 1 aromatic heterocycles. The average molecular weight is 191 g/mol. The van der Waals surface area contributed by atoms with Crippen molar-refractivity contribution in [2.45, 2.75) is 6.42 Å². The summed E-state index contributed by atoms with van der Waals surface area (Å²) in [6, 6.07) is -0.376. The van der Waals surface area contributed by atoms with E-state index in [0.717, 1.165) is 0 Å². The average Bonchev–Trinajstić information content (AvgIpc) is 2.59. The van der Waals surface area contributed by atoms with Gasteiger partial charge in [0.2, 0.25) is 0 Å². The lowest BCUT2D eigenvalue weighted by Crippen LogP contribution is -2.18. The molecule has 3 rings (SSSR count). The summed E-state index contributed by atoms with van der Waals surface area (Å²) in [4.78, 5) is 28.1. The molecular weight excluding hydrogens is 186 g/mol. The van der Waals surface area contributed by atoms with Gasteiger partial charge in [-0.3, -0.25) is 4.98 Å². The molecule has 0 saturated heterocycles. The SMILES string of the molecule is O=C1N=C2Cc3[nH]c(=O)oc3C=C2N1. The van der Waals surface area contributed by atoms with E-state index in [1.807, 2.05) is 0 Å². The minimum Gasteiger partial charge on any atom is -0.408 e. The third-order valence-electron chi connectivity index (χ3n) is 2.16. The zero-order valence-electron chi connectivity index (χ0n) is 6.96. The van der Waals surface area contributed by atoms with E-state index in [0.29, 0.717) is 29.3 Å². The fourth-order valence-electron chi connectivity index (χ4n) is 1.57. The highest BCUT2D eigenvalue weighted by Crippen LogP contribution is 2.21. The minimum atomic E-state index is -0.487. The van der Waals surface area contributed by atoms with Crippen LogP contribution in [0.5, 0.6) is 0 Å². The molecule has 1 aliphatic carbocycles. The summed E-state index contributed by atoms with van der Waals surface area (Å²) >= 11 is 0. The van der Waals surface area contributed by atoms with Crippen molar-refractivity contribution in [3.8, 4) is 0 Å². The molecular formula is C8H5N3O3. The molecule has 70 valence electrons. The Bertz CT molecular complexity index is 546. The van der Waals surface area contributed by atoms with Gasteiger partial charge in [0.05, 0.1) is 17.1 Å². The number of amides is 2. The second-order valence-electron chi connectivity index (χ2n) is 3.08. The first-order valence-corrected chi connectivity index (χ1v) is 4.05. The van der Waals surface area contributed by atoms with Crippen molar-refractivity contribution >= 4 is 17.8 Å². The Morgan fingerprint density at radius 3 is 3.14 bits per heavy atom. The van der Waals surface area contributed by atoms with Gasteiger partial charge in [-0.05, 0) is 0 Å². The molecule has 6 nitrogen and oxygen atoms in total. The number of urea groups is 1. The minimum absolute atomic E-state index is 0.376. The fourth-order valence-corrected chi connectivity index (χ4v) is 1.57. The second-order valence-corrected chi connectivity index (χ2v) is 3.08. The number of carbonyl (C=O) groups excluding carboxylic acids is 1. The van der Waals surface area contributed by atoms with Gasteiger partial charge in [-0.25, -0.2) is 9.59 Å². The molecule has 1 aromatic rings. The van der Waals surface area contributed by atoms with Gasteiger partial charge in [0.25, 0.3) is 0 Å². The molecule has 0 bridgehead atoms. The number of hydrogen-bond acceptors (Lipinski definition) is 3. The van der Waals surface area contributed by atoms with Crippen LogP contribution in [0.15, 0.2) is 19.9 Å². The summed E-state index contributed by atoms with van der Waals surface area (Å²) in [7, 11) is 0. The van der Waals surface area contributed by atoms with Crippen LogP contribution >= 0.6 is 0 Å². The highest BCUT2D eigenvalue weighted by molar-refractivity contribution is 6.16. The van der Waals surface area contributed by atoms with Crippen molar-refractivity contribution in [1.82, 2.24) is 10.3 Å². The Morgan fingerprint density at radius 2 is 2.29 bits per heavy atom. The monoisotopic (exact) mass is 191 g/mol. The van der Waals surface area contributed by atoms with Crippen LogP contribution in [0.4, 0.5) is 4.79 Å². The standard InChI is InChI=1S/C8H5N3O3/c12-7-9-3-1-5-6(2-4(3)10-7)14-8(13)11-5/h2H,1H2,(H,10,12)(H,11,13). The van der Waals surface area contributed by atoms with Crippen LogP contribution in [-0.4, -0.2) is 16.7 Å². The maximum Gasteiger partial charge on any atom is 0.417 e. The number of allylic oxidation sites excluding steroid dienone is 1. The number of rotatable bonds is 0. The summed E-state index contributed by atoms with van der Waals surface area (Å²) in [6.07, 6.45) is 2.02. The van der Waals surface area contributed by atoms with Crippen molar-refractivity contribution < 1.29 is 9.21 Å². The lowest BCUT2D eigenvalue weighted by atomic mass is 10.0. The Morgan fingerprint density at radius 1 is 1.43 bits per heavy atom. The lowest BCUT2D eigenvalue weighted by molar-refractivity contribution is 0.253. The van der Waals surface area contributed by atoms with Crippen LogP contribution < -0.4 is 11.1 Å². The summed E-state index contributed by atoms with van der Waals surface area (Å²) < 4.78 is 4.86. The quantitative estimate of drug-likeness (QED) is 0.606. The van der Waals surface area contributed by atoms with E-state index in [4.69, 9.17) is 4.42 Å². The number of fused-ring (bicyclic) bond motifs is 2. The van der Waals surface area contributed by atoms with E-state index in [1.165, 1.54) is 0 Å². The zero-order valence-corrected chi connectivity index (χ0v) is 6.96. The Balaban J connectivity index is 2.19. The number of aromatic nitrogens is 1. The second kappa shape index (κ2) is 2.22. The van der Waals surface area contributed by atoms with Crippen molar-refractivity contribution in [1.29, 1.82) is 0 Å². The topological polar surface area (TPSA) is 87.5 Å². The van der Waals surface area contributed by atoms with Gasteiger partial charge in [-0.15, -0.1) is 0 Å². The lowest BCUT2D eigenvalue weighted by Gasteiger charge is -2.06. The molecule has 6 heteroatoms. The largest absolute Gasteiger partial charge is 0.417 e. The Kier molecular flexibility index (Phi) is 1.16. The van der Waals surface area contributed by atoms with Gasteiger partial charge in [-0.1, -0.05) is 0 Å². The molecule has 2 amide bonds.